The molecule has 1 aromatic carbocycles. The molecule has 1 spiro atoms. The zero-order valence-electron chi connectivity index (χ0n) is 10.1. The Morgan fingerprint density at radius 1 is 1.24 bits per heavy atom. The molecule has 2 aliphatic heterocycles. The van der Waals surface area contributed by atoms with E-state index in [9.17, 15) is 0 Å². The number of benzene rings is 1. The molecule has 0 aliphatic carbocycles. The molecule has 0 radical (unpaired) electrons. The first-order valence-corrected chi connectivity index (χ1v) is 8.08. The standard InChI is InChI=1S/C13H17O3P/c1-11-8-9-17(15-11,14-10-12(2)16-17)13-6-4-3-5-7-13/h3-8,12H,9-10H2,1-2H3. The van der Waals surface area contributed by atoms with Crippen LogP contribution >= 0.6 is 7.28 Å². The Kier molecular flexibility index (Phi) is 2.34. The van der Waals surface area contributed by atoms with E-state index in [2.05, 4.69) is 6.08 Å². The van der Waals surface area contributed by atoms with Crippen molar-refractivity contribution in [3.8, 4) is 0 Å². The number of allylic oxidation sites excluding steroid dienone is 2. The van der Waals surface area contributed by atoms with E-state index in [1.165, 1.54) is 0 Å². The first-order valence-electron chi connectivity index (χ1n) is 5.91. The molecule has 0 saturated carbocycles. The molecule has 0 bridgehead atoms. The summed E-state index contributed by atoms with van der Waals surface area (Å²) in [5.74, 6) is 0.903. The molecule has 2 aliphatic rings. The molecule has 1 saturated heterocycles. The number of hydrogen-bond donors (Lipinski definition) is 0. The van der Waals surface area contributed by atoms with Gasteiger partial charge in [0.15, 0.2) is 0 Å². The zero-order valence-corrected chi connectivity index (χ0v) is 11.0. The summed E-state index contributed by atoms with van der Waals surface area (Å²) < 4.78 is 18.4. The number of hydrogen-bond acceptors (Lipinski definition) is 3. The summed E-state index contributed by atoms with van der Waals surface area (Å²) >= 11 is 0. The maximum atomic E-state index is 6.19. The van der Waals surface area contributed by atoms with Gasteiger partial charge in [0.2, 0.25) is 0 Å². The molecule has 17 heavy (non-hydrogen) atoms. The van der Waals surface area contributed by atoms with E-state index in [0.717, 1.165) is 17.2 Å². The van der Waals surface area contributed by atoms with Crippen LogP contribution in [0, 0.1) is 0 Å². The molecule has 2 heterocycles. The van der Waals surface area contributed by atoms with Crippen LogP contribution < -0.4 is 5.30 Å². The van der Waals surface area contributed by atoms with Gasteiger partial charge in [0.25, 0.3) is 0 Å². The van der Waals surface area contributed by atoms with E-state index >= 15 is 0 Å². The fourth-order valence-corrected chi connectivity index (χ4v) is 6.77. The van der Waals surface area contributed by atoms with Crippen LogP contribution in [0.3, 0.4) is 0 Å². The molecule has 1 aromatic rings. The molecule has 0 amide bonds. The van der Waals surface area contributed by atoms with Crippen molar-refractivity contribution in [1.29, 1.82) is 0 Å². The topological polar surface area (TPSA) is 27.7 Å². The minimum atomic E-state index is -3.10. The summed E-state index contributed by atoms with van der Waals surface area (Å²) in [6.45, 7) is 4.59. The molecule has 3 rings (SSSR count). The van der Waals surface area contributed by atoms with Crippen LogP contribution in [0.2, 0.25) is 0 Å². The SMILES string of the molecule is CC1=CCP2(c3ccccc3)(OCC(C)O2)O1. The summed E-state index contributed by atoms with van der Waals surface area (Å²) in [7, 11) is -3.10. The molecular formula is C13H17O3P. The summed E-state index contributed by atoms with van der Waals surface area (Å²) in [5.41, 5.74) is 0. The first-order chi connectivity index (χ1) is 8.13. The molecule has 3 nitrogen and oxygen atoms in total. The van der Waals surface area contributed by atoms with Gasteiger partial charge in [-0.3, -0.25) is 0 Å². The van der Waals surface area contributed by atoms with Crippen molar-refractivity contribution in [2.24, 2.45) is 0 Å². The minimum absolute atomic E-state index is 0.0900. The van der Waals surface area contributed by atoms with E-state index in [1.807, 2.05) is 44.2 Å². The third-order valence-corrected chi connectivity index (χ3v) is 7.46. The monoisotopic (exact) mass is 252 g/mol. The third kappa shape index (κ3) is 1.54. The van der Waals surface area contributed by atoms with Crippen LogP contribution in [0.15, 0.2) is 42.2 Å². The summed E-state index contributed by atoms with van der Waals surface area (Å²) in [6.07, 6.45) is 2.89. The maximum absolute atomic E-state index is 6.19. The van der Waals surface area contributed by atoms with E-state index < -0.39 is 7.28 Å². The van der Waals surface area contributed by atoms with E-state index in [1.54, 1.807) is 0 Å². The van der Waals surface area contributed by atoms with Gasteiger partial charge in [-0.2, -0.15) is 0 Å². The average Bonchev–Trinajstić information content (AvgIpc) is 2.85. The van der Waals surface area contributed by atoms with Crippen molar-refractivity contribution in [3.63, 3.8) is 0 Å². The molecular weight excluding hydrogens is 235 g/mol. The third-order valence-electron chi connectivity index (χ3n) is 3.24. The molecule has 1 unspecified atom stereocenters. The summed E-state index contributed by atoms with van der Waals surface area (Å²) in [6, 6.07) is 10.1. The Hall–Kier alpha value is -0.890. The van der Waals surface area contributed by atoms with Gasteiger partial charge in [0, 0.05) is 0 Å². The normalized spacial score (nSPS) is 31.5. The van der Waals surface area contributed by atoms with E-state index in [-0.39, 0.29) is 6.10 Å². The Morgan fingerprint density at radius 2 is 2.00 bits per heavy atom. The van der Waals surface area contributed by atoms with Crippen LogP contribution in [0.4, 0.5) is 0 Å². The fraction of sp³-hybridized carbons (Fsp3) is 0.385. The van der Waals surface area contributed by atoms with Crippen LogP contribution in [0.1, 0.15) is 13.8 Å². The quantitative estimate of drug-likeness (QED) is 0.719. The van der Waals surface area contributed by atoms with Crippen LogP contribution in [-0.4, -0.2) is 18.9 Å². The molecule has 0 N–H and O–H groups in total. The molecule has 92 valence electrons. The number of rotatable bonds is 1. The Bertz CT molecular complexity index is 473. The van der Waals surface area contributed by atoms with E-state index in [0.29, 0.717) is 6.61 Å². The summed E-state index contributed by atoms with van der Waals surface area (Å²) in [5, 5.41) is 1.05. The second-order valence-electron chi connectivity index (χ2n) is 4.68. The van der Waals surface area contributed by atoms with Gasteiger partial charge in [-0.1, -0.05) is 0 Å². The Labute approximate surface area is 102 Å². The van der Waals surface area contributed by atoms with Gasteiger partial charge in [0.1, 0.15) is 0 Å². The second-order valence-corrected chi connectivity index (χ2v) is 8.30. The Balaban J connectivity index is 2.11. The molecule has 4 heteroatoms. The van der Waals surface area contributed by atoms with Gasteiger partial charge < -0.3 is 0 Å². The Morgan fingerprint density at radius 3 is 2.53 bits per heavy atom. The van der Waals surface area contributed by atoms with Crippen molar-refractivity contribution in [2.45, 2.75) is 20.0 Å². The van der Waals surface area contributed by atoms with Crippen LogP contribution in [0.25, 0.3) is 0 Å². The average molecular weight is 252 g/mol. The van der Waals surface area contributed by atoms with Gasteiger partial charge in [0.05, 0.1) is 0 Å². The van der Waals surface area contributed by atoms with Crippen LogP contribution in [0.5, 0.6) is 0 Å². The van der Waals surface area contributed by atoms with Gasteiger partial charge in [-0.15, -0.1) is 0 Å². The van der Waals surface area contributed by atoms with E-state index in [4.69, 9.17) is 13.6 Å². The van der Waals surface area contributed by atoms with Gasteiger partial charge in [-0.25, -0.2) is 0 Å². The predicted molar refractivity (Wildman–Crippen MR) is 69.2 cm³/mol. The van der Waals surface area contributed by atoms with Crippen molar-refractivity contribution >= 4 is 12.6 Å². The molecule has 0 aromatic heterocycles. The summed E-state index contributed by atoms with van der Waals surface area (Å²) in [4.78, 5) is 0. The first kappa shape index (κ1) is 11.2. The van der Waals surface area contributed by atoms with Gasteiger partial charge in [-0.05, 0) is 0 Å². The molecule has 1 atom stereocenters. The predicted octanol–water partition coefficient (Wildman–Crippen LogP) is 2.98. The second kappa shape index (κ2) is 3.55. The fourth-order valence-electron chi connectivity index (χ4n) is 2.49. The van der Waals surface area contributed by atoms with Crippen LogP contribution in [-0.2, 0) is 13.6 Å². The van der Waals surface area contributed by atoms with Crippen molar-refractivity contribution in [3.05, 3.63) is 42.2 Å². The van der Waals surface area contributed by atoms with Gasteiger partial charge >= 0.3 is 101 Å². The zero-order chi connectivity index (χ0) is 12.0. The van der Waals surface area contributed by atoms with Crippen molar-refractivity contribution in [1.82, 2.24) is 0 Å². The molecule has 1 fully saturated rings. The van der Waals surface area contributed by atoms with Crippen molar-refractivity contribution < 1.29 is 13.6 Å². The van der Waals surface area contributed by atoms with Crippen molar-refractivity contribution in [2.75, 3.05) is 12.8 Å².